The summed E-state index contributed by atoms with van der Waals surface area (Å²) in [6.45, 7) is 8.53. The first kappa shape index (κ1) is 19.0. The maximum atomic E-state index is 13.3. The lowest BCUT2D eigenvalue weighted by Crippen LogP contribution is -2.35. The highest BCUT2D eigenvalue weighted by atomic mass is 16.5. The molecule has 0 atom stereocenters. The lowest BCUT2D eigenvalue weighted by molar-refractivity contribution is 0.0767. The van der Waals surface area contributed by atoms with E-state index >= 15 is 0 Å². The van der Waals surface area contributed by atoms with Crippen LogP contribution in [-0.2, 0) is 0 Å². The quantitative estimate of drug-likeness (QED) is 0.677. The molecule has 0 bridgehead atoms. The van der Waals surface area contributed by atoms with Crippen molar-refractivity contribution < 1.29 is 9.32 Å². The third-order valence-corrected chi connectivity index (χ3v) is 4.98. The maximum Gasteiger partial charge on any atom is 0.258 e. The summed E-state index contributed by atoms with van der Waals surface area (Å²) in [5, 5.41) is 3.85. The number of amides is 1. The monoisotopic (exact) mass is 392 g/mol. The van der Waals surface area contributed by atoms with Gasteiger partial charge in [-0.15, -0.1) is 0 Å². The molecule has 1 aromatic carbocycles. The summed E-state index contributed by atoms with van der Waals surface area (Å²) in [7, 11) is 0. The van der Waals surface area contributed by atoms with E-state index in [1.165, 1.54) is 0 Å². The van der Waals surface area contributed by atoms with Gasteiger partial charge in [0.1, 0.15) is 11.6 Å². The van der Waals surface area contributed by atoms with Crippen LogP contribution in [-0.4, -0.2) is 57.1 Å². The number of benzene rings is 1. The van der Waals surface area contributed by atoms with Crippen LogP contribution in [0, 0.1) is 20.8 Å². The second-order valence-corrected chi connectivity index (χ2v) is 7.24. The molecule has 1 aliphatic rings. The SMILES string of the molecule is Cc1cc(N2CCCN(C(=O)c3ccccc3-c3nc(C)no3)CC2)nc(C)n1. The van der Waals surface area contributed by atoms with Crippen LogP contribution in [0.4, 0.5) is 5.82 Å². The molecule has 0 unspecified atom stereocenters. The van der Waals surface area contributed by atoms with Gasteiger partial charge in [0, 0.05) is 37.9 Å². The Morgan fingerprint density at radius 1 is 0.966 bits per heavy atom. The molecule has 0 saturated carbocycles. The summed E-state index contributed by atoms with van der Waals surface area (Å²) in [5.41, 5.74) is 2.20. The van der Waals surface area contributed by atoms with E-state index < -0.39 is 0 Å². The first-order valence-electron chi connectivity index (χ1n) is 9.77. The molecule has 1 amide bonds. The minimum absolute atomic E-state index is 0.0200. The molecular weight excluding hydrogens is 368 g/mol. The molecule has 0 aliphatic carbocycles. The van der Waals surface area contributed by atoms with Crippen LogP contribution in [0.15, 0.2) is 34.9 Å². The van der Waals surface area contributed by atoms with E-state index in [4.69, 9.17) is 4.52 Å². The van der Waals surface area contributed by atoms with Gasteiger partial charge in [0.2, 0.25) is 0 Å². The van der Waals surface area contributed by atoms with E-state index in [2.05, 4.69) is 25.0 Å². The van der Waals surface area contributed by atoms with Gasteiger partial charge >= 0.3 is 0 Å². The molecule has 150 valence electrons. The van der Waals surface area contributed by atoms with Crippen LogP contribution in [0.25, 0.3) is 11.5 Å². The molecule has 2 aromatic heterocycles. The van der Waals surface area contributed by atoms with Crippen molar-refractivity contribution in [1.82, 2.24) is 25.0 Å². The highest BCUT2D eigenvalue weighted by Crippen LogP contribution is 2.24. The van der Waals surface area contributed by atoms with E-state index in [-0.39, 0.29) is 5.91 Å². The Morgan fingerprint density at radius 2 is 1.79 bits per heavy atom. The number of rotatable bonds is 3. The van der Waals surface area contributed by atoms with Crippen LogP contribution in [0.2, 0.25) is 0 Å². The zero-order valence-corrected chi connectivity index (χ0v) is 16.9. The standard InChI is InChI=1S/C21H24N6O2/c1-14-13-19(23-15(2)22-14)26-9-6-10-27(12-11-26)21(28)18-8-5-4-7-17(18)20-24-16(3)25-29-20/h4-5,7-8,13H,6,9-12H2,1-3H3. The average Bonchev–Trinajstić information content (AvgIpc) is 2.98. The Morgan fingerprint density at radius 3 is 2.55 bits per heavy atom. The smallest absolute Gasteiger partial charge is 0.258 e. The molecule has 1 aliphatic heterocycles. The Labute approximate surface area is 169 Å². The van der Waals surface area contributed by atoms with Crippen molar-refractivity contribution in [3.8, 4) is 11.5 Å². The maximum absolute atomic E-state index is 13.3. The fourth-order valence-corrected chi connectivity index (χ4v) is 3.64. The Hall–Kier alpha value is -3.29. The number of hydrogen-bond donors (Lipinski definition) is 0. The average molecular weight is 392 g/mol. The fourth-order valence-electron chi connectivity index (χ4n) is 3.64. The molecule has 0 radical (unpaired) electrons. The van der Waals surface area contributed by atoms with Crippen molar-refractivity contribution in [2.45, 2.75) is 27.2 Å². The summed E-state index contributed by atoms with van der Waals surface area (Å²) < 4.78 is 5.30. The van der Waals surface area contributed by atoms with Crippen LogP contribution in [0.3, 0.4) is 0 Å². The van der Waals surface area contributed by atoms with Crippen molar-refractivity contribution in [3.63, 3.8) is 0 Å². The van der Waals surface area contributed by atoms with E-state index in [1.54, 1.807) is 6.92 Å². The van der Waals surface area contributed by atoms with Gasteiger partial charge in [-0.1, -0.05) is 17.3 Å². The second-order valence-electron chi connectivity index (χ2n) is 7.24. The molecule has 1 saturated heterocycles. The third kappa shape index (κ3) is 4.11. The van der Waals surface area contributed by atoms with Crippen LogP contribution >= 0.6 is 0 Å². The lowest BCUT2D eigenvalue weighted by Gasteiger charge is -2.23. The zero-order chi connectivity index (χ0) is 20.4. The number of hydrogen-bond acceptors (Lipinski definition) is 7. The Balaban J connectivity index is 1.54. The van der Waals surface area contributed by atoms with Crippen molar-refractivity contribution in [2.24, 2.45) is 0 Å². The predicted octanol–water partition coefficient (Wildman–Crippen LogP) is 2.80. The number of carbonyl (C=O) groups is 1. The van der Waals surface area contributed by atoms with Crippen molar-refractivity contribution in [3.05, 3.63) is 53.2 Å². The minimum atomic E-state index is -0.0200. The molecule has 1 fully saturated rings. The van der Waals surface area contributed by atoms with Gasteiger partial charge in [0.25, 0.3) is 11.8 Å². The number of carbonyl (C=O) groups excluding carboxylic acids is 1. The number of nitrogens with zero attached hydrogens (tertiary/aromatic N) is 6. The highest BCUT2D eigenvalue weighted by molar-refractivity contribution is 6.00. The molecule has 8 nitrogen and oxygen atoms in total. The molecule has 3 aromatic rings. The van der Waals surface area contributed by atoms with E-state index in [9.17, 15) is 4.79 Å². The number of anilines is 1. The molecular formula is C21H24N6O2. The predicted molar refractivity (Wildman–Crippen MR) is 109 cm³/mol. The fraction of sp³-hybridized carbons (Fsp3) is 0.381. The number of aromatic nitrogens is 4. The van der Waals surface area contributed by atoms with Gasteiger partial charge in [-0.2, -0.15) is 4.98 Å². The Kier molecular flexibility index (Phi) is 5.24. The summed E-state index contributed by atoms with van der Waals surface area (Å²) in [4.78, 5) is 30.6. The van der Waals surface area contributed by atoms with Crippen molar-refractivity contribution in [2.75, 3.05) is 31.1 Å². The van der Waals surface area contributed by atoms with Gasteiger partial charge in [-0.3, -0.25) is 4.79 Å². The molecule has 4 rings (SSSR count). The molecule has 29 heavy (non-hydrogen) atoms. The first-order valence-corrected chi connectivity index (χ1v) is 9.77. The molecule has 8 heteroatoms. The summed E-state index contributed by atoms with van der Waals surface area (Å²) in [6.07, 6.45) is 0.871. The van der Waals surface area contributed by atoms with Crippen LogP contribution in [0.1, 0.15) is 34.1 Å². The van der Waals surface area contributed by atoms with Crippen LogP contribution in [0.5, 0.6) is 0 Å². The third-order valence-electron chi connectivity index (χ3n) is 4.98. The molecule has 0 spiro atoms. The van der Waals surface area contributed by atoms with E-state index in [0.717, 1.165) is 36.8 Å². The van der Waals surface area contributed by atoms with Crippen LogP contribution < -0.4 is 4.90 Å². The van der Waals surface area contributed by atoms with Gasteiger partial charge in [-0.25, -0.2) is 9.97 Å². The molecule has 0 N–H and O–H groups in total. The minimum Gasteiger partial charge on any atom is -0.355 e. The summed E-state index contributed by atoms with van der Waals surface area (Å²) >= 11 is 0. The Bertz CT molecular complexity index is 1010. The second kappa shape index (κ2) is 7.98. The van der Waals surface area contributed by atoms with E-state index in [1.807, 2.05) is 49.1 Å². The van der Waals surface area contributed by atoms with E-state index in [0.29, 0.717) is 35.9 Å². The first-order chi connectivity index (χ1) is 14.0. The summed E-state index contributed by atoms with van der Waals surface area (Å²) in [5.74, 6) is 2.58. The normalized spacial score (nSPS) is 14.7. The van der Waals surface area contributed by atoms with Gasteiger partial charge < -0.3 is 14.3 Å². The molecule has 3 heterocycles. The summed E-state index contributed by atoms with van der Waals surface area (Å²) in [6, 6.07) is 9.39. The van der Waals surface area contributed by atoms with Crippen molar-refractivity contribution in [1.29, 1.82) is 0 Å². The van der Waals surface area contributed by atoms with Gasteiger partial charge in [-0.05, 0) is 39.3 Å². The zero-order valence-electron chi connectivity index (χ0n) is 16.9. The lowest BCUT2D eigenvalue weighted by atomic mass is 10.1. The van der Waals surface area contributed by atoms with Gasteiger partial charge in [0.05, 0.1) is 11.1 Å². The topological polar surface area (TPSA) is 88.2 Å². The number of aryl methyl sites for hydroxylation is 3. The van der Waals surface area contributed by atoms with Gasteiger partial charge in [0.15, 0.2) is 5.82 Å². The highest BCUT2D eigenvalue weighted by Gasteiger charge is 2.24. The largest absolute Gasteiger partial charge is 0.355 e. The van der Waals surface area contributed by atoms with Crippen molar-refractivity contribution >= 4 is 11.7 Å².